The summed E-state index contributed by atoms with van der Waals surface area (Å²) >= 11 is 17.7. The first-order valence-corrected chi connectivity index (χ1v) is 3.56. The summed E-state index contributed by atoms with van der Waals surface area (Å²) in [5.41, 5.74) is 0. The van der Waals surface area contributed by atoms with Crippen molar-refractivity contribution >= 4 is 57.4 Å². The summed E-state index contributed by atoms with van der Waals surface area (Å²) in [7, 11) is 0. The van der Waals surface area contributed by atoms with Crippen molar-refractivity contribution in [2.75, 3.05) is 5.88 Å². The Morgan fingerprint density at radius 2 is 1.67 bits per heavy atom. The number of hydrogen-bond donors (Lipinski definition) is 0. The van der Waals surface area contributed by atoms with Gasteiger partial charge in [-0.2, -0.15) is 0 Å². The van der Waals surface area contributed by atoms with Crippen LogP contribution in [0.2, 0.25) is 0 Å². The molecule has 6 heavy (non-hydrogen) atoms. The van der Waals surface area contributed by atoms with Crippen LogP contribution >= 0.6 is 57.4 Å². The highest BCUT2D eigenvalue weighted by Crippen LogP contribution is 2.29. The Balaban J connectivity index is 3.17. The number of alkyl halides is 4. The topological polar surface area (TPSA) is 0 Å². The molecule has 0 heterocycles. The van der Waals surface area contributed by atoms with Crippen molar-refractivity contribution in [3.63, 3.8) is 0 Å². The Hall–Kier alpha value is 1.60. The summed E-state index contributed by atoms with van der Waals surface area (Å²) in [5, 5.41) is 0. The van der Waals surface area contributed by atoms with Crippen LogP contribution in [0, 0.1) is 0 Å². The molecule has 0 fully saturated rings. The van der Waals surface area contributed by atoms with Gasteiger partial charge in [0.05, 0.1) is 5.88 Å². The molecule has 0 spiro atoms. The summed E-state index contributed by atoms with van der Waals surface area (Å²) < 4.78 is -0.778. The number of halogens is 4. The molecule has 0 aromatic carbocycles. The molecule has 38 valence electrons. The van der Waals surface area contributed by atoms with E-state index in [9.17, 15) is 0 Å². The predicted molar refractivity (Wildman–Crippen MR) is 39.2 cm³/mol. The molecule has 0 amide bonds. The molecule has 0 bridgehead atoms. The quantitative estimate of drug-likeness (QED) is 0.502. The largest absolute Gasteiger partial charge is 0.181 e. The average molecular weight is 259 g/mol. The van der Waals surface area contributed by atoms with Gasteiger partial charge in [0.2, 0.25) is 0 Å². The first kappa shape index (κ1) is 7.60. The van der Waals surface area contributed by atoms with Gasteiger partial charge in [-0.3, -0.25) is 0 Å². The van der Waals surface area contributed by atoms with E-state index < -0.39 is 2.34 Å². The van der Waals surface area contributed by atoms with E-state index >= 15 is 0 Å². The molecule has 0 saturated heterocycles. The zero-order valence-electron chi connectivity index (χ0n) is 2.72. The van der Waals surface area contributed by atoms with Crippen LogP contribution in [0.3, 0.4) is 0 Å². The highest BCUT2D eigenvalue weighted by Gasteiger charge is 2.15. The number of rotatable bonds is 1. The normalized spacial score (nSPS) is 12.0. The number of hydrogen-bond acceptors (Lipinski definition) is 0. The van der Waals surface area contributed by atoms with Gasteiger partial charge in [0.1, 0.15) is 0 Å². The molecule has 0 radical (unpaired) electrons. The van der Waals surface area contributed by atoms with E-state index in [0.717, 1.165) is 0 Å². The fraction of sp³-hybridized carbons (Fsp3) is 1.00. The molecule has 4 heteroatoms. The lowest BCUT2D eigenvalue weighted by molar-refractivity contribution is 1.36. The molecule has 0 aliphatic rings. The van der Waals surface area contributed by atoms with Gasteiger partial charge in [-0.25, -0.2) is 0 Å². The first-order valence-electron chi connectivity index (χ1n) is 1.19. The summed E-state index contributed by atoms with van der Waals surface area (Å²) in [4.78, 5) is 0. The molecule has 0 atom stereocenters. The molecule has 0 saturated carbocycles. The summed E-state index contributed by atoms with van der Waals surface area (Å²) in [5.74, 6) is 0.261. The van der Waals surface area contributed by atoms with Crippen LogP contribution in [0.1, 0.15) is 0 Å². The molecule has 0 aromatic heterocycles. The second-order valence-electron chi connectivity index (χ2n) is 0.749. The Kier molecular flexibility index (Phi) is 3.54. The lowest BCUT2D eigenvalue weighted by Gasteiger charge is -2.01. The van der Waals surface area contributed by atoms with Crippen LogP contribution in [0.5, 0.6) is 0 Å². The summed E-state index contributed by atoms with van der Waals surface area (Å²) in [6.45, 7) is 0. The molecular weight excluding hydrogens is 257 g/mol. The third-order valence-electron chi connectivity index (χ3n) is 0.152. The van der Waals surface area contributed by atoms with E-state index in [1.807, 2.05) is 22.6 Å². The molecule has 0 nitrogen and oxygen atoms in total. The Labute approximate surface area is 65.3 Å². The molecule has 0 aromatic rings. The van der Waals surface area contributed by atoms with Crippen LogP contribution in [0.4, 0.5) is 0 Å². The van der Waals surface area contributed by atoms with E-state index in [1.54, 1.807) is 0 Å². The second-order valence-corrected chi connectivity index (χ2v) is 5.62. The van der Waals surface area contributed by atoms with Crippen molar-refractivity contribution in [1.82, 2.24) is 0 Å². The fourth-order valence-corrected chi connectivity index (χ4v) is 0. The van der Waals surface area contributed by atoms with Crippen LogP contribution < -0.4 is 0 Å². The second kappa shape index (κ2) is 2.80. The average Bonchev–Trinajstić information content (AvgIpc) is 1.35. The van der Waals surface area contributed by atoms with Crippen LogP contribution in [-0.4, -0.2) is 8.22 Å². The van der Waals surface area contributed by atoms with Gasteiger partial charge in [0.15, 0.2) is 2.34 Å². The highest BCUT2D eigenvalue weighted by molar-refractivity contribution is 14.1. The maximum Gasteiger partial charge on any atom is 0.181 e. The van der Waals surface area contributed by atoms with Gasteiger partial charge in [-0.05, 0) is 22.6 Å². The van der Waals surface area contributed by atoms with E-state index in [1.165, 1.54) is 0 Å². The third kappa shape index (κ3) is 5.60. The highest BCUT2D eigenvalue weighted by atomic mass is 127. The van der Waals surface area contributed by atoms with Crippen molar-refractivity contribution in [3.05, 3.63) is 0 Å². The van der Waals surface area contributed by atoms with Gasteiger partial charge in [-0.1, -0.05) is 23.2 Å². The Morgan fingerprint density at radius 1 is 1.50 bits per heavy atom. The van der Waals surface area contributed by atoms with E-state index in [2.05, 4.69) is 0 Å². The van der Waals surface area contributed by atoms with Crippen molar-refractivity contribution in [2.45, 2.75) is 2.34 Å². The smallest absolute Gasteiger partial charge is 0.123 e. The molecular formula is C2H2Cl3I. The third-order valence-corrected chi connectivity index (χ3v) is 1.93. The maximum absolute atomic E-state index is 5.34. The van der Waals surface area contributed by atoms with Crippen LogP contribution in [-0.2, 0) is 0 Å². The van der Waals surface area contributed by atoms with Crippen molar-refractivity contribution in [3.8, 4) is 0 Å². The Morgan fingerprint density at radius 3 is 1.67 bits per heavy atom. The Bertz CT molecular complexity index is 38.5. The van der Waals surface area contributed by atoms with Crippen molar-refractivity contribution in [2.24, 2.45) is 0 Å². The molecule has 0 aliphatic carbocycles. The van der Waals surface area contributed by atoms with Gasteiger partial charge in [0, 0.05) is 0 Å². The minimum Gasteiger partial charge on any atom is -0.123 e. The maximum atomic E-state index is 5.34. The van der Waals surface area contributed by atoms with E-state index in [4.69, 9.17) is 34.8 Å². The van der Waals surface area contributed by atoms with Crippen molar-refractivity contribution < 1.29 is 0 Å². The van der Waals surface area contributed by atoms with Gasteiger partial charge < -0.3 is 0 Å². The monoisotopic (exact) mass is 258 g/mol. The SMILES string of the molecule is ClCC(Cl)(Cl)I. The molecule has 0 unspecified atom stereocenters. The van der Waals surface area contributed by atoms with E-state index in [0.29, 0.717) is 0 Å². The van der Waals surface area contributed by atoms with Gasteiger partial charge in [0.25, 0.3) is 0 Å². The summed E-state index contributed by atoms with van der Waals surface area (Å²) in [6, 6.07) is 0. The fourth-order valence-electron chi connectivity index (χ4n) is 0. The predicted octanol–water partition coefficient (Wildman–Crippen LogP) is 2.79. The first-order chi connectivity index (χ1) is 2.56. The minimum absolute atomic E-state index is 0.261. The van der Waals surface area contributed by atoms with E-state index in [-0.39, 0.29) is 5.88 Å². The lowest BCUT2D eigenvalue weighted by atomic mass is 10.9. The summed E-state index contributed by atoms with van der Waals surface area (Å²) in [6.07, 6.45) is 0. The van der Waals surface area contributed by atoms with Gasteiger partial charge >= 0.3 is 0 Å². The van der Waals surface area contributed by atoms with Crippen LogP contribution in [0.15, 0.2) is 0 Å². The minimum atomic E-state index is -0.778. The van der Waals surface area contributed by atoms with Crippen molar-refractivity contribution in [1.29, 1.82) is 0 Å². The molecule has 0 rings (SSSR count). The standard InChI is InChI=1S/C2H2Cl3I/c3-1-2(4,5)6/h1H2. The zero-order chi connectivity index (χ0) is 5.21. The molecule has 0 N–H and O–H groups in total. The van der Waals surface area contributed by atoms with Crippen LogP contribution in [0.25, 0.3) is 0 Å². The zero-order valence-corrected chi connectivity index (χ0v) is 7.14. The lowest BCUT2D eigenvalue weighted by Crippen LogP contribution is -2.00. The molecule has 0 aliphatic heterocycles. The van der Waals surface area contributed by atoms with Gasteiger partial charge in [-0.15, -0.1) is 11.6 Å².